The van der Waals surface area contributed by atoms with E-state index in [4.69, 9.17) is 5.11 Å². The molecule has 7 heteroatoms. The highest BCUT2D eigenvalue weighted by molar-refractivity contribution is 6.12. The maximum absolute atomic E-state index is 11.1. The molecule has 1 rings (SSSR count). The van der Waals surface area contributed by atoms with Crippen molar-refractivity contribution >= 4 is 23.8 Å². The first-order valence-electron chi connectivity index (χ1n) is 4.10. The lowest BCUT2D eigenvalue weighted by molar-refractivity contribution is -0.195. The molecule has 0 aromatic carbocycles. The molecule has 0 bridgehead atoms. The standard InChI is InChI=1S/C9H7NO6/c1-5(9(14)15)4-8(13)16-10-6(11)2-3-7(10)12/h2-3H,1,4H2,(H,14,15). The molecular formula is C9H7NO6. The molecule has 1 aliphatic heterocycles. The van der Waals surface area contributed by atoms with Crippen LogP contribution in [0.4, 0.5) is 0 Å². The van der Waals surface area contributed by atoms with Crippen LogP contribution in [0, 0.1) is 0 Å². The molecule has 0 aromatic heterocycles. The molecule has 0 aromatic rings. The summed E-state index contributed by atoms with van der Waals surface area (Å²) in [6.07, 6.45) is 1.26. The van der Waals surface area contributed by atoms with Crippen molar-refractivity contribution < 1.29 is 29.1 Å². The van der Waals surface area contributed by atoms with Crippen LogP contribution < -0.4 is 0 Å². The summed E-state index contributed by atoms with van der Waals surface area (Å²) in [5.74, 6) is -3.98. The largest absolute Gasteiger partial charge is 0.478 e. The number of aliphatic carboxylic acids is 1. The lowest BCUT2D eigenvalue weighted by Crippen LogP contribution is -2.33. The molecule has 1 aliphatic rings. The molecular weight excluding hydrogens is 218 g/mol. The molecule has 0 atom stereocenters. The van der Waals surface area contributed by atoms with Crippen LogP contribution in [0.1, 0.15) is 6.42 Å². The minimum absolute atomic E-state index is 0.247. The molecule has 16 heavy (non-hydrogen) atoms. The maximum atomic E-state index is 11.1. The molecule has 7 nitrogen and oxygen atoms in total. The van der Waals surface area contributed by atoms with Gasteiger partial charge in [-0.05, 0) is 0 Å². The number of carboxylic acid groups (broad SMARTS) is 1. The molecule has 84 valence electrons. The average molecular weight is 225 g/mol. The normalized spacial score (nSPS) is 14.1. The summed E-state index contributed by atoms with van der Waals surface area (Å²) in [6.45, 7) is 3.10. The van der Waals surface area contributed by atoms with E-state index in [0.717, 1.165) is 12.2 Å². The van der Waals surface area contributed by atoms with Crippen molar-refractivity contribution in [2.24, 2.45) is 0 Å². The molecule has 0 saturated heterocycles. The van der Waals surface area contributed by atoms with Crippen molar-refractivity contribution in [3.63, 3.8) is 0 Å². The summed E-state index contributed by atoms with van der Waals surface area (Å²) in [5, 5.41) is 8.68. The number of hydroxylamine groups is 2. The number of amides is 2. The molecule has 0 aliphatic carbocycles. The van der Waals surface area contributed by atoms with E-state index < -0.39 is 35.7 Å². The number of carbonyl (C=O) groups excluding carboxylic acids is 3. The Hall–Kier alpha value is -2.44. The van der Waals surface area contributed by atoms with Gasteiger partial charge in [0.25, 0.3) is 11.8 Å². The van der Waals surface area contributed by atoms with Crippen LogP contribution >= 0.6 is 0 Å². The number of imide groups is 1. The quantitative estimate of drug-likeness (QED) is 0.506. The second-order valence-corrected chi connectivity index (χ2v) is 2.85. The third-order valence-corrected chi connectivity index (χ3v) is 1.62. The summed E-state index contributed by atoms with van der Waals surface area (Å²) in [5.41, 5.74) is -0.392. The van der Waals surface area contributed by atoms with Gasteiger partial charge in [0.2, 0.25) is 0 Å². The Balaban J connectivity index is 2.53. The third kappa shape index (κ3) is 2.53. The molecule has 0 unspecified atom stereocenters. The fraction of sp³-hybridized carbons (Fsp3) is 0.111. The van der Waals surface area contributed by atoms with E-state index in [1.165, 1.54) is 0 Å². The highest BCUT2D eigenvalue weighted by Gasteiger charge is 2.28. The lowest BCUT2D eigenvalue weighted by Gasteiger charge is -2.12. The van der Waals surface area contributed by atoms with Crippen LogP contribution in [-0.4, -0.2) is 33.9 Å². The van der Waals surface area contributed by atoms with Crippen molar-refractivity contribution in [2.75, 3.05) is 0 Å². The maximum Gasteiger partial charge on any atom is 0.337 e. The van der Waals surface area contributed by atoms with E-state index in [1.54, 1.807) is 0 Å². The van der Waals surface area contributed by atoms with E-state index in [0.29, 0.717) is 0 Å². The molecule has 1 N–H and O–H groups in total. The smallest absolute Gasteiger partial charge is 0.337 e. The van der Waals surface area contributed by atoms with Gasteiger partial charge in [-0.25, -0.2) is 9.59 Å². The fourth-order valence-corrected chi connectivity index (χ4v) is 0.860. The molecule has 1 heterocycles. The van der Waals surface area contributed by atoms with E-state index in [1.807, 2.05) is 0 Å². The van der Waals surface area contributed by atoms with Gasteiger partial charge in [-0.2, -0.15) is 0 Å². The zero-order valence-electron chi connectivity index (χ0n) is 8.00. The van der Waals surface area contributed by atoms with Gasteiger partial charge >= 0.3 is 11.9 Å². The lowest BCUT2D eigenvalue weighted by atomic mass is 10.2. The van der Waals surface area contributed by atoms with Crippen LogP contribution in [0.2, 0.25) is 0 Å². The van der Waals surface area contributed by atoms with Crippen LogP contribution in [0.3, 0.4) is 0 Å². The predicted octanol–water partition coefficient (Wildman–Crippen LogP) is -0.599. The van der Waals surface area contributed by atoms with Crippen molar-refractivity contribution in [1.82, 2.24) is 5.06 Å². The van der Waals surface area contributed by atoms with Crippen molar-refractivity contribution in [1.29, 1.82) is 0 Å². The number of hydrogen-bond acceptors (Lipinski definition) is 5. The van der Waals surface area contributed by atoms with Crippen molar-refractivity contribution in [3.8, 4) is 0 Å². The number of carboxylic acids is 1. The first kappa shape index (κ1) is 11.6. The monoisotopic (exact) mass is 225 g/mol. The van der Waals surface area contributed by atoms with Gasteiger partial charge in [-0.1, -0.05) is 11.6 Å². The van der Waals surface area contributed by atoms with Gasteiger partial charge in [0.05, 0.1) is 6.42 Å². The summed E-state index contributed by atoms with van der Waals surface area (Å²) in [6, 6.07) is 0. The van der Waals surface area contributed by atoms with Crippen LogP contribution in [0.15, 0.2) is 24.3 Å². The highest BCUT2D eigenvalue weighted by atomic mass is 16.7. The predicted molar refractivity (Wildman–Crippen MR) is 48.5 cm³/mol. The van der Waals surface area contributed by atoms with E-state index in [2.05, 4.69) is 11.4 Å². The number of rotatable bonds is 4. The van der Waals surface area contributed by atoms with E-state index in [-0.39, 0.29) is 5.06 Å². The summed E-state index contributed by atoms with van der Waals surface area (Å²) < 4.78 is 0. The minimum atomic E-state index is -1.35. The Kier molecular flexibility index (Phi) is 3.19. The highest BCUT2D eigenvalue weighted by Crippen LogP contribution is 2.07. The van der Waals surface area contributed by atoms with Crippen molar-refractivity contribution in [2.45, 2.75) is 6.42 Å². The van der Waals surface area contributed by atoms with Gasteiger partial charge in [0.15, 0.2) is 0 Å². The second-order valence-electron chi connectivity index (χ2n) is 2.85. The Morgan fingerprint density at radius 1 is 1.31 bits per heavy atom. The van der Waals surface area contributed by atoms with Crippen molar-refractivity contribution in [3.05, 3.63) is 24.3 Å². The van der Waals surface area contributed by atoms with Crippen LogP contribution in [-0.2, 0) is 24.0 Å². The van der Waals surface area contributed by atoms with Gasteiger partial charge < -0.3 is 9.94 Å². The summed E-state index contributed by atoms with van der Waals surface area (Å²) in [4.78, 5) is 47.7. The van der Waals surface area contributed by atoms with Gasteiger partial charge in [-0.15, -0.1) is 0 Å². The molecule has 2 amide bonds. The molecule has 0 spiro atoms. The average Bonchev–Trinajstić information content (AvgIpc) is 2.49. The third-order valence-electron chi connectivity index (χ3n) is 1.62. The second kappa shape index (κ2) is 4.39. The number of carbonyl (C=O) groups is 4. The van der Waals surface area contributed by atoms with E-state index >= 15 is 0 Å². The van der Waals surface area contributed by atoms with Gasteiger partial charge in [0, 0.05) is 17.7 Å². The Morgan fingerprint density at radius 3 is 2.25 bits per heavy atom. The van der Waals surface area contributed by atoms with E-state index in [9.17, 15) is 19.2 Å². The zero-order valence-corrected chi connectivity index (χ0v) is 8.00. The van der Waals surface area contributed by atoms with Gasteiger partial charge in [0.1, 0.15) is 0 Å². The summed E-state index contributed by atoms with van der Waals surface area (Å²) in [7, 11) is 0. The fourth-order valence-electron chi connectivity index (χ4n) is 0.860. The Bertz CT molecular complexity index is 404. The first-order chi connectivity index (χ1) is 7.41. The molecule has 0 radical (unpaired) electrons. The first-order valence-corrected chi connectivity index (χ1v) is 4.10. The number of hydrogen-bond donors (Lipinski definition) is 1. The molecule has 0 fully saturated rings. The Labute approximate surface area is 89.5 Å². The SMILES string of the molecule is C=C(CC(=O)ON1C(=O)C=CC1=O)C(=O)O. The zero-order chi connectivity index (χ0) is 12.3. The van der Waals surface area contributed by atoms with Crippen LogP contribution in [0.25, 0.3) is 0 Å². The van der Waals surface area contributed by atoms with Crippen LogP contribution in [0.5, 0.6) is 0 Å². The topological polar surface area (TPSA) is 101 Å². The number of nitrogens with zero attached hydrogens (tertiary/aromatic N) is 1. The van der Waals surface area contributed by atoms with Gasteiger partial charge in [-0.3, -0.25) is 9.59 Å². The Morgan fingerprint density at radius 2 is 1.81 bits per heavy atom. The summed E-state index contributed by atoms with van der Waals surface area (Å²) >= 11 is 0. The minimum Gasteiger partial charge on any atom is -0.478 e. The molecule has 0 saturated carbocycles.